The first-order valence-corrected chi connectivity index (χ1v) is 9.10. The summed E-state index contributed by atoms with van der Waals surface area (Å²) in [6.45, 7) is 4.94. The van der Waals surface area contributed by atoms with Gasteiger partial charge in [0.15, 0.2) is 11.2 Å². The maximum Gasteiger partial charge on any atom is 0.332 e. The number of hydrogen-bond donors (Lipinski definition) is 0. The van der Waals surface area contributed by atoms with Gasteiger partial charge in [0.25, 0.3) is 5.56 Å². The van der Waals surface area contributed by atoms with Crippen LogP contribution in [-0.2, 0) is 20.6 Å². The zero-order chi connectivity index (χ0) is 18.1. The van der Waals surface area contributed by atoms with Crippen molar-refractivity contribution in [2.24, 2.45) is 14.1 Å². The molecule has 0 N–H and O–H groups in total. The van der Waals surface area contributed by atoms with Crippen molar-refractivity contribution < 1.29 is 0 Å². The predicted molar refractivity (Wildman–Crippen MR) is 101 cm³/mol. The van der Waals surface area contributed by atoms with Crippen molar-refractivity contribution >= 4 is 22.9 Å². The Bertz CT molecular complexity index is 1010. The van der Waals surface area contributed by atoms with Crippen molar-refractivity contribution in [1.29, 1.82) is 0 Å². The number of nitrogens with zero attached hydrogens (tertiary/aromatic N) is 4. The van der Waals surface area contributed by atoms with Crippen LogP contribution in [0.1, 0.15) is 18.9 Å². The fraction of sp³-hybridized carbons (Fsp3) is 0.389. The molecule has 0 spiro atoms. The van der Waals surface area contributed by atoms with Crippen LogP contribution < -0.4 is 11.2 Å². The van der Waals surface area contributed by atoms with E-state index in [0.29, 0.717) is 23.0 Å². The molecule has 1 atom stereocenters. The van der Waals surface area contributed by atoms with Crippen molar-refractivity contribution in [2.75, 3.05) is 0 Å². The molecule has 0 aliphatic rings. The van der Waals surface area contributed by atoms with Gasteiger partial charge in [0.2, 0.25) is 0 Å². The van der Waals surface area contributed by atoms with Gasteiger partial charge in [-0.25, -0.2) is 9.78 Å². The lowest BCUT2D eigenvalue weighted by molar-refractivity contribution is 0.645. The molecule has 132 valence electrons. The van der Waals surface area contributed by atoms with E-state index >= 15 is 0 Å². The second-order valence-corrected chi connectivity index (χ2v) is 7.86. The van der Waals surface area contributed by atoms with E-state index < -0.39 is 0 Å². The van der Waals surface area contributed by atoms with Crippen molar-refractivity contribution in [3.05, 3.63) is 57.0 Å². The van der Waals surface area contributed by atoms with Crippen molar-refractivity contribution in [3.63, 3.8) is 0 Å². The molecule has 0 saturated heterocycles. The Hall–Kier alpha value is -2.28. The lowest BCUT2D eigenvalue weighted by atomic mass is 10.2. The Morgan fingerprint density at radius 2 is 1.80 bits per heavy atom. The molecule has 0 amide bonds. The van der Waals surface area contributed by atoms with Gasteiger partial charge in [0.1, 0.15) is 0 Å². The zero-order valence-electron chi connectivity index (χ0n) is 14.9. The molecule has 7 heteroatoms. The Balaban J connectivity index is 1.78. The van der Waals surface area contributed by atoms with Crippen LogP contribution in [0.2, 0.25) is 0 Å². The average molecular weight is 358 g/mol. The minimum absolute atomic E-state index is 0.297. The van der Waals surface area contributed by atoms with E-state index in [-0.39, 0.29) is 11.2 Å². The largest absolute Gasteiger partial charge is 0.332 e. The van der Waals surface area contributed by atoms with Gasteiger partial charge >= 0.3 is 5.69 Å². The summed E-state index contributed by atoms with van der Waals surface area (Å²) in [6, 6.07) is 8.49. The van der Waals surface area contributed by atoms with E-state index in [4.69, 9.17) is 0 Å². The third-order valence-electron chi connectivity index (χ3n) is 4.35. The van der Waals surface area contributed by atoms with Gasteiger partial charge < -0.3 is 4.57 Å². The summed E-state index contributed by atoms with van der Waals surface area (Å²) in [5, 5.41) is 0.400. The van der Waals surface area contributed by atoms with Crippen LogP contribution in [0.15, 0.2) is 45.1 Å². The first-order chi connectivity index (χ1) is 11.9. The molecule has 3 aromatic rings. The summed E-state index contributed by atoms with van der Waals surface area (Å²) in [6.07, 6.45) is 2.55. The van der Waals surface area contributed by atoms with Gasteiger partial charge in [0.05, 0.1) is 6.33 Å². The molecule has 0 fully saturated rings. The molecule has 0 aliphatic heterocycles. The molecule has 0 bridgehead atoms. The molecule has 0 radical (unpaired) electrons. The highest BCUT2D eigenvalue weighted by Crippen LogP contribution is 2.25. The Kier molecular flexibility index (Phi) is 4.85. The summed E-state index contributed by atoms with van der Waals surface area (Å²) in [5.41, 5.74) is 1.52. The third-order valence-corrected chi connectivity index (χ3v) is 5.53. The van der Waals surface area contributed by atoms with E-state index in [0.717, 1.165) is 11.0 Å². The van der Waals surface area contributed by atoms with Crippen molar-refractivity contribution in [1.82, 2.24) is 18.7 Å². The van der Waals surface area contributed by atoms with Crippen molar-refractivity contribution in [3.8, 4) is 0 Å². The standard InChI is InChI=1S/C18H22N4O2S/c1-12-5-7-14(8-6-12)25-13(2)9-10-22-11-19-16-15(22)17(23)21(4)18(24)20(16)3/h5-8,11,13H,9-10H2,1-4H3. The van der Waals surface area contributed by atoms with E-state index in [2.05, 4.69) is 43.1 Å². The zero-order valence-corrected chi connectivity index (χ0v) is 15.7. The van der Waals surface area contributed by atoms with Crippen LogP contribution >= 0.6 is 11.8 Å². The molecule has 6 nitrogen and oxygen atoms in total. The number of rotatable bonds is 5. The van der Waals surface area contributed by atoms with Crippen LogP contribution in [0, 0.1) is 6.92 Å². The van der Waals surface area contributed by atoms with Crippen LogP contribution in [0.5, 0.6) is 0 Å². The Labute approximate surface area is 150 Å². The Morgan fingerprint density at radius 1 is 1.12 bits per heavy atom. The van der Waals surface area contributed by atoms with Crippen LogP contribution in [0.3, 0.4) is 0 Å². The highest BCUT2D eigenvalue weighted by molar-refractivity contribution is 7.99. The topological polar surface area (TPSA) is 61.8 Å². The van der Waals surface area contributed by atoms with E-state index in [1.165, 1.54) is 22.1 Å². The maximum atomic E-state index is 12.4. The fourth-order valence-corrected chi connectivity index (χ4v) is 3.78. The lowest BCUT2D eigenvalue weighted by Crippen LogP contribution is -2.37. The van der Waals surface area contributed by atoms with E-state index in [1.807, 2.05) is 16.3 Å². The molecular weight excluding hydrogens is 336 g/mol. The first kappa shape index (κ1) is 17.5. The van der Waals surface area contributed by atoms with Crippen LogP contribution in [0.25, 0.3) is 11.2 Å². The van der Waals surface area contributed by atoms with Gasteiger partial charge in [-0.15, -0.1) is 11.8 Å². The van der Waals surface area contributed by atoms with Gasteiger partial charge in [-0.1, -0.05) is 24.6 Å². The number of aromatic nitrogens is 4. The smallest absolute Gasteiger partial charge is 0.325 e. The number of aryl methyl sites for hydroxylation is 3. The SMILES string of the molecule is Cc1ccc(SC(C)CCn2cnc3c2c(=O)n(C)c(=O)n3C)cc1. The summed E-state index contributed by atoms with van der Waals surface area (Å²) in [4.78, 5) is 29.9. The quantitative estimate of drug-likeness (QED) is 0.657. The molecular formula is C18H22N4O2S. The predicted octanol–water partition coefficient (Wildman–Crippen LogP) is 2.31. The first-order valence-electron chi connectivity index (χ1n) is 8.22. The number of benzene rings is 1. The maximum absolute atomic E-state index is 12.4. The van der Waals surface area contributed by atoms with Gasteiger partial charge in [-0.2, -0.15) is 0 Å². The second-order valence-electron chi connectivity index (χ2n) is 6.35. The highest BCUT2D eigenvalue weighted by atomic mass is 32.2. The molecule has 1 aromatic carbocycles. The third kappa shape index (κ3) is 3.42. The summed E-state index contributed by atoms with van der Waals surface area (Å²) < 4.78 is 4.39. The minimum Gasteiger partial charge on any atom is -0.325 e. The van der Waals surface area contributed by atoms with E-state index in [1.54, 1.807) is 13.4 Å². The van der Waals surface area contributed by atoms with Gasteiger partial charge in [0, 0.05) is 30.8 Å². The summed E-state index contributed by atoms with van der Waals surface area (Å²) in [7, 11) is 3.13. The molecule has 2 aromatic heterocycles. The fourth-order valence-electron chi connectivity index (χ4n) is 2.80. The Morgan fingerprint density at radius 3 is 2.48 bits per heavy atom. The molecule has 0 aliphatic carbocycles. The lowest BCUT2D eigenvalue weighted by Gasteiger charge is -2.12. The van der Waals surface area contributed by atoms with Crippen LogP contribution in [-0.4, -0.2) is 23.9 Å². The second kappa shape index (κ2) is 6.92. The van der Waals surface area contributed by atoms with Gasteiger partial charge in [-0.3, -0.25) is 13.9 Å². The van der Waals surface area contributed by atoms with Crippen LogP contribution in [0.4, 0.5) is 0 Å². The average Bonchev–Trinajstić information content (AvgIpc) is 3.02. The number of thioether (sulfide) groups is 1. The molecule has 1 unspecified atom stereocenters. The van der Waals surface area contributed by atoms with E-state index in [9.17, 15) is 9.59 Å². The summed E-state index contributed by atoms with van der Waals surface area (Å²) >= 11 is 1.82. The molecule has 0 saturated carbocycles. The summed E-state index contributed by atoms with van der Waals surface area (Å²) in [5.74, 6) is 0. The molecule has 3 rings (SSSR count). The number of imidazole rings is 1. The monoisotopic (exact) mass is 358 g/mol. The van der Waals surface area contributed by atoms with Crippen molar-refractivity contribution in [2.45, 2.75) is 37.0 Å². The number of fused-ring (bicyclic) bond motifs is 1. The normalized spacial score (nSPS) is 12.6. The highest BCUT2D eigenvalue weighted by Gasteiger charge is 2.15. The minimum atomic E-state index is -0.356. The molecule has 25 heavy (non-hydrogen) atoms. The molecule has 2 heterocycles. The van der Waals surface area contributed by atoms with Gasteiger partial charge in [-0.05, 0) is 25.5 Å². The number of hydrogen-bond acceptors (Lipinski definition) is 4.